The van der Waals surface area contributed by atoms with Crippen LogP contribution in [0, 0.1) is 0 Å². The maximum atomic E-state index is 12.4. The van der Waals surface area contributed by atoms with E-state index in [-0.39, 0.29) is 18.1 Å². The molecule has 1 N–H and O–H groups in total. The lowest BCUT2D eigenvalue weighted by atomic mass is 10.2. The highest BCUT2D eigenvalue weighted by Crippen LogP contribution is 2.29. The van der Waals surface area contributed by atoms with Crippen LogP contribution in [0.1, 0.15) is 23.3 Å². The van der Waals surface area contributed by atoms with Crippen LogP contribution in [-0.4, -0.2) is 53.8 Å². The number of hydrogen-bond donors (Lipinski definition) is 1. The normalized spacial score (nSPS) is 13.3. The standard InChI is InChI=1S/C19H22N4O5/c1-27-15-7-5-13(11-16(15)28-2)20-17(24)12-23-18(25)8-6-14(21-23)19(26)22-9-3-4-10-22/h5-8,11H,3-4,9-10,12H2,1-2H3,(H,20,24). The second-order valence-corrected chi connectivity index (χ2v) is 6.33. The molecule has 0 bridgehead atoms. The van der Waals surface area contributed by atoms with Crippen molar-refractivity contribution in [3.8, 4) is 11.5 Å². The second kappa shape index (κ2) is 8.55. The Hall–Kier alpha value is -3.36. The first-order chi connectivity index (χ1) is 13.5. The lowest BCUT2D eigenvalue weighted by Gasteiger charge is -2.15. The summed E-state index contributed by atoms with van der Waals surface area (Å²) in [6.45, 7) is 1.05. The molecule has 0 radical (unpaired) electrons. The number of ether oxygens (including phenoxy) is 2. The van der Waals surface area contributed by atoms with Crippen LogP contribution in [0.5, 0.6) is 11.5 Å². The minimum Gasteiger partial charge on any atom is -0.493 e. The molecule has 1 aromatic heterocycles. The van der Waals surface area contributed by atoms with Crippen LogP contribution in [0.15, 0.2) is 35.1 Å². The summed E-state index contributed by atoms with van der Waals surface area (Å²) in [5.41, 5.74) is 0.181. The lowest BCUT2D eigenvalue weighted by Crippen LogP contribution is -2.34. The Morgan fingerprint density at radius 3 is 2.46 bits per heavy atom. The average molecular weight is 386 g/mol. The Balaban J connectivity index is 1.72. The summed E-state index contributed by atoms with van der Waals surface area (Å²) in [6.07, 6.45) is 1.91. The van der Waals surface area contributed by atoms with Crippen molar-refractivity contribution in [1.82, 2.24) is 14.7 Å². The Morgan fingerprint density at radius 1 is 1.07 bits per heavy atom. The molecule has 1 saturated heterocycles. The predicted octanol–water partition coefficient (Wildman–Crippen LogP) is 1.14. The number of hydrogen-bond acceptors (Lipinski definition) is 6. The van der Waals surface area contributed by atoms with Gasteiger partial charge >= 0.3 is 0 Å². The fraction of sp³-hybridized carbons (Fsp3) is 0.368. The highest BCUT2D eigenvalue weighted by Gasteiger charge is 2.21. The quantitative estimate of drug-likeness (QED) is 0.799. The number of amides is 2. The fourth-order valence-electron chi connectivity index (χ4n) is 3.01. The molecule has 2 amide bonds. The van der Waals surface area contributed by atoms with Gasteiger partial charge in [0.2, 0.25) is 5.91 Å². The molecule has 9 heteroatoms. The van der Waals surface area contributed by atoms with Gasteiger partial charge in [-0.2, -0.15) is 5.10 Å². The van der Waals surface area contributed by atoms with E-state index in [0.717, 1.165) is 17.5 Å². The van der Waals surface area contributed by atoms with E-state index in [9.17, 15) is 14.4 Å². The highest BCUT2D eigenvalue weighted by molar-refractivity contribution is 5.92. The minimum absolute atomic E-state index is 0.153. The lowest BCUT2D eigenvalue weighted by molar-refractivity contribution is -0.117. The fourth-order valence-corrected chi connectivity index (χ4v) is 3.01. The number of aromatic nitrogens is 2. The zero-order valence-electron chi connectivity index (χ0n) is 15.8. The van der Waals surface area contributed by atoms with E-state index < -0.39 is 11.5 Å². The van der Waals surface area contributed by atoms with E-state index in [1.807, 2.05) is 0 Å². The molecular formula is C19H22N4O5. The molecule has 0 atom stereocenters. The van der Waals surface area contributed by atoms with Crippen LogP contribution in [-0.2, 0) is 11.3 Å². The van der Waals surface area contributed by atoms with E-state index in [0.29, 0.717) is 30.3 Å². The van der Waals surface area contributed by atoms with Gasteiger partial charge in [-0.25, -0.2) is 4.68 Å². The Morgan fingerprint density at radius 2 is 1.79 bits per heavy atom. The molecule has 9 nitrogen and oxygen atoms in total. The number of carbonyl (C=O) groups excluding carboxylic acids is 2. The number of rotatable bonds is 6. The summed E-state index contributed by atoms with van der Waals surface area (Å²) in [5, 5.41) is 6.74. The van der Waals surface area contributed by atoms with Gasteiger partial charge in [-0.05, 0) is 31.0 Å². The molecule has 1 fully saturated rings. The number of nitrogens with one attached hydrogen (secondary N) is 1. The molecular weight excluding hydrogens is 364 g/mol. The zero-order chi connectivity index (χ0) is 20.1. The minimum atomic E-state index is -0.458. The van der Waals surface area contributed by atoms with Crippen LogP contribution in [0.25, 0.3) is 0 Å². The second-order valence-electron chi connectivity index (χ2n) is 6.33. The van der Waals surface area contributed by atoms with Gasteiger partial charge in [0.25, 0.3) is 11.5 Å². The van der Waals surface area contributed by atoms with Crippen molar-refractivity contribution in [2.45, 2.75) is 19.4 Å². The first-order valence-corrected chi connectivity index (χ1v) is 8.91. The van der Waals surface area contributed by atoms with E-state index >= 15 is 0 Å². The first kappa shape index (κ1) is 19.4. The molecule has 2 aromatic rings. The third-order valence-corrected chi connectivity index (χ3v) is 4.44. The van der Waals surface area contributed by atoms with Gasteiger partial charge in [0.05, 0.1) is 14.2 Å². The monoisotopic (exact) mass is 386 g/mol. The maximum absolute atomic E-state index is 12.4. The van der Waals surface area contributed by atoms with Crippen molar-refractivity contribution in [3.63, 3.8) is 0 Å². The van der Waals surface area contributed by atoms with Gasteiger partial charge in [0.1, 0.15) is 12.2 Å². The van der Waals surface area contributed by atoms with Crippen molar-refractivity contribution in [1.29, 1.82) is 0 Å². The average Bonchev–Trinajstić information content (AvgIpc) is 3.23. The number of anilines is 1. The molecule has 1 aliphatic rings. The summed E-state index contributed by atoms with van der Waals surface area (Å²) in [6, 6.07) is 7.57. The molecule has 0 aliphatic carbocycles. The van der Waals surface area contributed by atoms with E-state index in [1.165, 1.54) is 26.4 Å². The Kier molecular flexibility index (Phi) is 5.93. The van der Waals surface area contributed by atoms with E-state index in [1.54, 1.807) is 23.1 Å². The van der Waals surface area contributed by atoms with Gasteiger partial charge < -0.3 is 19.7 Å². The summed E-state index contributed by atoms with van der Waals surface area (Å²) < 4.78 is 11.3. The van der Waals surface area contributed by atoms with Gasteiger partial charge in [-0.1, -0.05) is 0 Å². The summed E-state index contributed by atoms with van der Waals surface area (Å²) in [5.74, 6) is 0.319. The van der Waals surface area contributed by atoms with Crippen LogP contribution < -0.4 is 20.3 Å². The molecule has 148 valence electrons. The first-order valence-electron chi connectivity index (χ1n) is 8.91. The van der Waals surface area contributed by atoms with Crippen molar-refractivity contribution in [3.05, 3.63) is 46.4 Å². The number of likely N-dealkylation sites (tertiary alicyclic amines) is 1. The molecule has 28 heavy (non-hydrogen) atoms. The van der Waals surface area contributed by atoms with Gasteiger partial charge in [0.15, 0.2) is 11.5 Å². The van der Waals surface area contributed by atoms with Gasteiger partial charge in [-0.3, -0.25) is 14.4 Å². The third kappa shape index (κ3) is 4.30. The molecule has 1 aromatic carbocycles. The van der Waals surface area contributed by atoms with Crippen LogP contribution in [0.4, 0.5) is 5.69 Å². The number of carbonyl (C=O) groups is 2. The van der Waals surface area contributed by atoms with Gasteiger partial charge in [-0.15, -0.1) is 0 Å². The summed E-state index contributed by atoms with van der Waals surface area (Å²) in [7, 11) is 3.01. The highest BCUT2D eigenvalue weighted by atomic mass is 16.5. The topological polar surface area (TPSA) is 103 Å². The maximum Gasteiger partial charge on any atom is 0.274 e. The van der Waals surface area contributed by atoms with Crippen LogP contribution in [0.3, 0.4) is 0 Å². The molecule has 0 saturated carbocycles. The van der Waals surface area contributed by atoms with Crippen molar-refractivity contribution in [2.24, 2.45) is 0 Å². The van der Waals surface area contributed by atoms with Crippen molar-refractivity contribution in [2.75, 3.05) is 32.6 Å². The molecule has 2 heterocycles. The summed E-state index contributed by atoms with van der Waals surface area (Å²) >= 11 is 0. The van der Waals surface area contributed by atoms with Crippen LogP contribution in [0.2, 0.25) is 0 Å². The number of benzene rings is 1. The van der Waals surface area contributed by atoms with Crippen LogP contribution >= 0.6 is 0 Å². The predicted molar refractivity (Wildman–Crippen MR) is 102 cm³/mol. The van der Waals surface area contributed by atoms with E-state index in [2.05, 4.69) is 10.4 Å². The number of methoxy groups -OCH3 is 2. The number of nitrogens with zero attached hydrogens (tertiary/aromatic N) is 3. The third-order valence-electron chi connectivity index (χ3n) is 4.44. The summed E-state index contributed by atoms with van der Waals surface area (Å²) in [4.78, 5) is 38.5. The molecule has 3 rings (SSSR count). The van der Waals surface area contributed by atoms with Crippen molar-refractivity contribution >= 4 is 17.5 Å². The smallest absolute Gasteiger partial charge is 0.274 e. The van der Waals surface area contributed by atoms with Crippen molar-refractivity contribution < 1.29 is 19.1 Å². The molecule has 0 unspecified atom stereocenters. The Bertz CT molecular complexity index is 934. The molecule has 0 spiro atoms. The van der Waals surface area contributed by atoms with Gasteiger partial charge in [0, 0.05) is 30.9 Å². The molecule has 1 aliphatic heterocycles. The Labute approximate surface area is 161 Å². The van der Waals surface area contributed by atoms with E-state index in [4.69, 9.17) is 9.47 Å². The largest absolute Gasteiger partial charge is 0.493 e. The SMILES string of the molecule is COc1ccc(NC(=O)Cn2nc(C(=O)N3CCCC3)ccc2=O)cc1OC. The zero-order valence-corrected chi connectivity index (χ0v) is 15.8.